The zero-order valence-electron chi connectivity index (χ0n) is 29.9. The Bertz CT molecular complexity index is 2520. The van der Waals surface area contributed by atoms with E-state index >= 15 is 4.79 Å². The SMILES string of the molecule is CC(=O)c1ccc(N2C(=O)[C@H]3[C@H](CC=C4[C@H]3C[C@H]3C(=O)N(c5cc(-c6sc7ccc(Cl)cc7c6C)nn5C)C(=O)[C@@]3(C)[C@H]4c3ccc(O)cc3)C2=O)cc1. The number of Topliss-reactive ketones (excluding diaryl/α,β-unsaturated/α-hetero) is 1. The van der Waals surface area contributed by atoms with Crippen LogP contribution in [0, 0.1) is 36.0 Å². The predicted octanol–water partition coefficient (Wildman–Crippen LogP) is 7.61. The fraction of sp³-hybridized carbons (Fsp3) is 0.286. The number of ketones is 1. The maximum atomic E-state index is 15.0. The molecular weight excluding hydrogens is 724 g/mol. The van der Waals surface area contributed by atoms with Crippen molar-refractivity contribution in [2.45, 2.75) is 39.5 Å². The van der Waals surface area contributed by atoms with Gasteiger partial charge in [0.15, 0.2) is 5.78 Å². The number of rotatable bonds is 5. The number of phenolic OH excluding ortho intramolecular Hbond substituents is 1. The maximum Gasteiger partial charge on any atom is 0.242 e. The molecule has 9 rings (SSSR count). The second-order valence-electron chi connectivity index (χ2n) is 15.1. The summed E-state index contributed by atoms with van der Waals surface area (Å²) in [6.07, 6.45) is 2.50. The fourth-order valence-corrected chi connectivity index (χ4v) is 10.9. The molecule has 0 unspecified atom stereocenters. The molecule has 1 N–H and O–H groups in total. The molecule has 54 heavy (non-hydrogen) atoms. The smallest absolute Gasteiger partial charge is 0.242 e. The highest BCUT2D eigenvalue weighted by Gasteiger charge is 2.68. The van der Waals surface area contributed by atoms with E-state index < -0.39 is 35.0 Å². The van der Waals surface area contributed by atoms with Gasteiger partial charge in [0.25, 0.3) is 0 Å². The first-order valence-corrected chi connectivity index (χ1v) is 19.1. The third-order valence-corrected chi connectivity index (χ3v) is 13.8. The molecule has 2 aliphatic heterocycles. The number of fused-ring (bicyclic) bond motifs is 5. The van der Waals surface area contributed by atoms with Gasteiger partial charge in [0, 0.05) is 34.3 Å². The van der Waals surface area contributed by atoms with E-state index in [1.54, 1.807) is 77.7 Å². The molecule has 0 spiro atoms. The third-order valence-electron chi connectivity index (χ3n) is 12.2. The molecule has 3 aromatic carbocycles. The molecule has 4 amide bonds. The summed E-state index contributed by atoms with van der Waals surface area (Å²) in [5, 5.41) is 16.7. The first-order valence-electron chi connectivity index (χ1n) is 17.9. The number of benzene rings is 3. The number of allylic oxidation sites excluding steroid dienone is 2. The second-order valence-corrected chi connectivity index (χ2v) is 16.6. The molecule has 4 aliphatic rings. The van der Waals surface area contributed by atoms with Crippen LogP contribution in [0.1, 0.15) is 54.1 Å². The van der Waals surface area contributed by atoms with Crippen LogP contribution in [-0.4, -0.2) is 44.3 Å². The fourth-order valence-electron chi connectivity index (χ4n) is 9.60. The van der Waals surface area contributed by atoms with Crippen molar-refractivity contribution in [1.29, 1.82) is 0 Å². The van der Waals surface area contributed by atoms with Gasteiger partial charge in [-0.15, -0.1) is 11.3 Å². The molecule has 10 nitrogen and oxygen atoms in total. The topological polar surface area (TPSA) is 130 Å². The summed E-state index contributed by atoms with van der Waals surface area (Å²) in [5.41, 5.74) is 2.83. The predicted molar refractivity (Wildman–Crippen MR) is 205 cm³/mol. The lowest BCUT2D eigenvalue weighted by atomic mass is 9.51. The van der Waals surface area contributed by atoms with Crippen molar-refractivity contribution in [3.63, 3.8) is 0 Å². The molecule has 12 heteroatoms. The van der Waals surface area contributed by atoms with Crippen LogP contribution in [0.3, 0.4) is 0 Å². The number of thiophene rings is 1. The van der Waals surface area contributed by atoms with E-state index in [4.69, 9.17) is 16.7 Å². The van der Waals surface area contributed by atoms with Crippen LogP contribution in [0.2, 0.25) is 5.02 Å². The van der Waals surface area contributed by atoms with Crippen LogP contribution >= 0.6 is 22.9 Å². The average molecular weight is 759 g/mol. The Hall–Kier alpha value is -5.39. The van der Waals surface area contributed by atoms with E-state index in [2.05, 4.69) is 0 Å². The summed E-state index contributed by atoms with van der Waals surface area (Å²) >= 11 is 7.87. The lowest BCUT2D eigenvalue weighted by Crippen LogP contribution is -2.48. The molecule has 2 aromatic heterocycles. The highest BCUT2D eigenvalue weighted by atomic mass is 35.5. The highest BCUT2D eigenvalue weighted by molar-refractivity contribution is 7.22. The van der Waals surface area contributed by atoms with E-state index in [0.29, 0.717) is 34.2 Å². The van der Waals surface area contributed by atoms with Gasteiger partial charge in [-0.05, 0) is 111 Å². The summed E-state index contributed by atoms with van der Waals surface area (Å²) in [6, 6.07) is 20.6. The van der Waals surface area contributed by atoms with Crippen molar-refractivity contribution < 1.29 is 29.1 Å². The number of amides is 4. The molecule has 1 saturated carbocycles. The minimum Gasteiger partial charge on any atom is -0.508 e. The van der Waals surface area contributed by atoms with E-state index in [1.165, 1.54) is 16.7 Å². The Labute approximate surface area is 319 Å². The molecule has 5 aromatic rings. The van der Waals surface area contributed by atoms with Gasteiger partial charge >= 0.3 is 0 Å². The Morgan fingerprint density at radius 3 is 2.35 bits per heavy atom. The van der Waals surface area contributed by atoms with Gasteiger partial charge in [-0.1, -0.05) is 35.4 Å². The van der Waals surface area contributed by atoms with Crippen LogP contribution in [0.5, 0.6) is 5.75 Å². The van der Waals surface area contributed by atoms with Crippen molar-refractivity contribution in [3.8, 4) is 16.3 Å². The van der Waals surface area contributed by atoms with E-state index in [0.717, 1.165) is 31.7 Å². The van der Waals surface area contributed by atoms with Crippen LogP contribution in [0.15, 0.2) is 84.4 Å². The Morgan fingerprint density at radius 2 is 1.65 bits per heavy atom. The Balaban J connectivity index is 1.13. The van der Waals surface area contributed by atoms with Gasteiger partial charge in [-0.3, -0.25) is 33.6 Å². The number of aromatic nitrogens is 2. The number of nitrogens with zero attached hydrogens (tertiary/aromatic N) is 4. The molecule has 0 bridgehead atoms. The first-order chi connectivity index (χ1) is 25.8. The molecule has 272 valence electrons. The summed E-state index contributed by atoms with van der Waals surface area (Å²) in [5.74, 6) is -4.43. The standard InChI is InChI=1S/C42H35ClN4O6S/c1-20-29-17-24(43)9-16-33(29)54-37(20)32-19-34(45(4)44-32)47-39(51)31-18-30-27(36(42(31,3)41(47)53)23-7-12-26(49)13-8-23)14-15-28-35(30)40(52)46(38(28)50)25-10-5-22(6-11-25)21(2)48/h5-14,16-17,19,28,30-31,35-36,49H,15,18H2,1-4H3/t28-,30+,31-,35-,36-,42+/m0/s1. The molecule has 2 aliphatic carbocycles. The lowest BCUT2D eigenvalue weighted by Gasteiger charge is -2.49. The highest BCUT2D eigenvalue weighted by Crippen LogP contribution is 2.64. The van der Waals surface area contributed by atoms with Gasteiger partial charge in [0.1, 0.15) is 17.3 Å². The zero-order chi connectivity index (χ0) is 38.0. The first kappa shape index (κ1) is 34.4. The zero-order valence-corrected chi connectivity index (χ0v) is 31.4. The number of carbonyl (C=O) groups excluding carboxylic acids is 5. The minimum atomic E-state index is -1.24. The molecule has 6 atom stereocenters. The van der Waals surface area contributed by atoms with Gasteiger partial charge in [-0.25, -0.2) is 4.90 Å². The number of hydrogen-bond acceptors (Lipinski definition) is 8. The minimum absolute atomic E-state index is 0.0603. The Kier molecular flexibility index (Phi) is 7.68. The van der Waals surface area contributed by atoms with Gasteiger partial charge in [0.05, 0.1) is 33.7 Å². The molecule has 2 saturated heterocycles. The quantitative estimate of drug-likeness (QED) is 0.111. The summed E-state index contributed by atoms with van der Waals surface area (Å²) in [4.78, 5) is 73.5. The normalized spacial score (nSPS) is 26.3. The number of imide groups is 2. The maximum absolute atomic E-state index is 15.0. The van der Waals surface area contributed by atoms with E-state index in [9.17, 15) is 24.3 Å². The Morgan fingerprint density at radius 1 is 0.926 bits per heavy atom. The molecule has 0 radical (unpaired) electrons. The van der Waals surface area contributed by atoms with Crippen molar-refractivity contribution in [1.82, 2.24) is 9.78 Å². The van der Waals surface area contributed by atoms with E-state index in [-0.39, 0.29) is 41.6 Å². The van der Waals surface area contributed by atoms with Crippen molar-refractivity contribution in [2.24, 2.45) is 36.1 Å². The monoisotopic (exact) mass is 758 g/mol. The third kappa shape index (κ3) is 4.77. The number of aromatic hydroxyl groups is 1. The van der Waals surface area contributed by atoms with Crippen LogP contribution in [-0.2, 0) is 26.2 Å². The molecule has 4 heterocycles. The van der Waals surface area contributed by atoms with Gasteiger partial charge in [0.2, 0.25) is 23.6 Å². The number of carbonyl (C=O) groups is 5. The van der Waals surface area contributed by atoms with Crippen LogP contribution in [0.25, 0.3) is 20.7 Å². The van der Waals surface area contributed by atoms with Crippen molar-refractivity contribution in [2.75, 3.05) is 9.80 Å². The number of hydrogen-bond donors (Lipinski definition) is 1. The summed E-state index contributed by atoms with van der Waals surface area (Å²) < 4.78 is 2.61. The van der Waals surface area contributed by atoms with Gasteiger partial charge < -0.3 is 5.11 Å². The summed E-state index contributed by atoms with van der Waals surface area (Å²) in [7, 11) is 1.72. The number of aryl methyl sites for hydroxylation is 2. The van der Waals surface area contributed by atoms with Crippen LogP contribution < -0.4 is 9.80 Å². The molecular formula is C42H35ClN4O6S. The van der Waals surface area contributed by atoms with Crippen LogP contribution in [0.4, 0.5) is 11.5 Å². The number of phenols is 1. The second kappa shape index (κ2) is 12.1. The van der Waals surface area contributed by atoms with Crippen molar-refractivity contribution in [3.05, 3.63) is 106 Å². The van der Waals surface area contributed by atoms with Crippen molar-refractivity contribution >= 4 is 73.9 Å². The lowest BCUT2D eigenvalue weighted by molar-refractivity contribution is -0.131. The number of anilines is 2. The largest absolute Gasteiger partial charge is 0.508 e. The van der Waals surface area contributed by atoms with Gasteiger partial charge in [-0.2, -0.15) is 5.10 Å². The average Bonchev–Trinajstić information content (AvgIpc) is 3.82. The van der Waals surface area contributed by atoms with E-state index in [1.807, 2.05) is 38.1 Å². The molecule has 3 fully saturated rings. The summed E-state index contributed by atoms with van der Waals surface area (Å²) in [6.45, 7) is 5.29. The number of halogens is 1.